The van der Waals surface area contributed by atoms with Crippen LogP contribution in [0.4, 0.5) is 0 Å². The summed E-state index contributed by atoms with van der Waals surface area (Å²) in [5.41, 5.74) is 3.64. The number of hydrogen-bond acceptors (Lipinski definition) is 2. The molecule has 0 heterocycles. The molecule has 0 aliphatic carbocycles. The SMILES string of the molecule is COCc1cccc(CNCc2ccc(Cl)cc2Br)c1. The average molecular weight is 355 g/mol. The summed E-state index contributed by atoms with van der Waals surface area (Å²) in [7, 11) is 1.71. The lowest BCUT2D eigenvalue weighted by atomic mass is 10.1. The molecule has 0 atom stereocenters. The van der Waals surface area contributed by atoms with E-state index in [4.69, 9.17) is 16.3 Å². The summed E-state index contributed by atoms with van der Waals surface area (Å²) in [5, 5.41) is 4.18. The number of nitrogens with one attached hydrogen (secondary N) is 1. The third kappa shape index (κ3) is 4.60. The smallest absolute Gasteiger partial charge is 0.0713 e. The molecule has 1 N–H and O–H groups in total. The van der Waals surface area contributed by atoms with E-state index in [0.717, 1.165) is 22.6 Å². The van der Waals surface area contributed by atoms with E-state index in [9.17, 15) is 0 Å². The first-order chi connectivity index (χ1) is 9.69. The summed E-state index contributed by atoms with van der Waals surface area (Å²) >= 11 is 9.46. The largest absolute Gasteiger partial charge is 0.380 e. The molecule has 2 aromatic carbocycles. The number of rotatable bonds is 6. The second kappa shape index (κ2) is 7.79. The maximum absolute atomic E-state index is 5.93. The minimum atomic E-state index is 0.649. The highest BCUT2D eigenvalue weighted by Crippen LogP contribution is 2.21. The Hall–Kier alpha value is -0.870. The Morgan fingerprint density at radius 2 is 1.90 bits per heavy atom. The second-order valence-electron chi connectivity index (χ2n) is 4.59. The molecular formula is C16H17BrClNO. The molecule has 0 aliphatic heterocycles. The first-order valence-electron chi connectivity index (χ1n) is 6.40. The van der Waals surface area contributed by atoms with Crippen LogP contribution in [-0.2, 0) is 24.4 Å². The molecule has 0 bridgehead atoms. The van der Waals surface area contributed by atoms with Gasteiger partial charge in [0.25, 0.3) is 0 Å². The van der Waals surface area contributed by atoms with E-state index < -0.39 is 0 Å². The summed E-state index contributed by atoms with van der Waals surface area (Å²) in [6.45, 7) is 2.27. The molecule has 2 aromatic rings. The number of hydrogen-bond donors (Lipinski definition) is 1. The van der Waals surface area contributed by atoms with Gasteiger partial charge in [0.05, 0.1) is 6.61 Å². The first-order valence-corrected chi connectivity index (χ1v) is 7.57. The second-order valence-corrected chi connectivity index (χ2v) is 5.88. The van der Waals surface area contributed by atoms with Gasteiger partial charge in [0.15, 0.2) is 0 Å². The molecule has 0 radical (unpaired) electrons. The van der Waals surface area contributed by atoms with Crippen LogP contribution in [0.5, 0.6) is 0 Å². The third-order valence-corrected chi connectivity index (χ3v) is 3.94. The van der Waals surface area contributed by atoms with Crippen molar-refractivity contribution in [1.82, 2.24) is 5.32 Å². The molecule has 0 saturated heterocycles. The Morgan fingerprint density at radius 3 is 2.65 bits per heavy atom. The molecule has 2 nitrogen and oxygen atoms in total. The molecule has 0 aliphatic rings. The summed E-state index contributed by atoms with van der Waals surface area (Å²) in [5.74, 6) is 0. The molecule has 0 spiro atoms. The molecule has 4 heteroatoms. The zero-order valence-corrected chi connectivity index (χ0v) is 13.7. The molecule has 106 valence electrons. The van der Waals surface area contributed by atoms with Gasteiger partial charge in [0, 0.05) is 29.7 Å². The Labute approximate surface area is 133 Å². The predicted molar refractivity (Wildman–Crippen MR) is 86.9 cm³/mol. The number of ether oxygens (including phenoxy) is 1. The van der Waals surface area contributed by atoms with Gasteiger partial charge in [-0.15, -0.1) is 0 Å². The van der Waals surface area contributed by atoms with Crippen LogP contribution in [0.1, 0.15) is 16.7 Å². The van der Waals surface area contributed by atoms with Crippen molar-refractivity contribution in [1.29, 1.82) is 0 Å². The molecular weight excluding hydrogens is 338 g/mol. The predicted octanol–water partition coefficient (Wildman–Crippen LogP) is 4.54. The highest BCUT2D eigenvalue weighted by atomic mass is 79.9. The molecule has 0 saturated carbocycles. The van der Waals surface area contributed by atoms with Crippen LogP contribution in [0.25, 0.3) is 0 Å². The summed E-state index contributed by atoms with van der Waals surface area (Å²) in [4.78, 5) is 0. The van der Waals surface area contributed by atoms with E-state index >= 15 is 0 Å². The maximum atomic E-state index is 5.93. The van der Waals surface area contributed by atoms with Gasteiger partial charge in [-0.1, -0.05) is 57.9 Å². The molecule has 0 fully saturated rings. The van der Waals surface area contributed by atoms with Crippen LogP contribution in [0.3, 0.4) is 0 Å². The highest BCUT2D eigenvalue weighted by Gasteiger charge is 2.01. The van der Waals surface area contributed by atoms with Crippen LogP contribution in [0.15, 0.2) is 46.9 Å². The number of methoxy groups -OCH3 is 1. The first kappa shape index (κ1) is 15.5. The van der Waals surface area contributed by atoms with Crippen molar-refractivity contribution in [3.05, 3.63) is 68.7 Å². The van der Waals surface area contributed by atoms with Crippen molar-refractivity contribution in [3.63, 3.8) is 0 Å². The lowest BCUT2D eigenvalue weighted by Crippen LogP contribution is -2.13. The van der Waals surface area contributed by atoms with Crippen molar-refractivity contribution < 1.29 is 4.74 Å². The van der Waals surface area contributed by atoms with Gasteiger partial charge in [0.1, 0.15) is 0 Å². The average Bonchev–Trinajstić information content (AvgIpc) is 2.42. The van der Waals surface area contributed by atoms with Crippen molar-refractivity contribution >= 4 is 27.5 Å². The van der Waals surface area contributed by atoms with Crippen LogP contribution >= 0.6 is 27.5 Å². The van der Waals surface area contributed by atoms with Gasteiger partial charge in [-0.2, -0.15) is 0 Å². The number of halogens is 2. The zero-order valence-electron chi connectivity index (χ0n) is 11.3. The van der Waals surface area contributed by atoms with Gasteiger partial charge >= 0.3 is 0 Å². The normalized spacial score (nSPS) is 10.8. The van der Waals surface area contributed by atoms with Crippen molar-refractivity contribution in [3.8, 4) is 0 Å². The van der Waals surface area contributed by atoms with Gasteiger partial charge in [-0.05, 0) is 28.8 Å². The van der Waals surface area contributed by atoms with Crippen molar-refractivity contribution in [2.75, 3.05) is 7.11 Å². The van der Waals surface area contributed by atoms with E-state index in [2.05, 4.69) is 45.5 Å². The monoisotopic (exact) mass is 353 g/mol. The van der Waals surface area contributed by atoms with Gasteiger partial charge in [0.2, 0.25) is 0 Å². The highest BCUT2D eigenvalue weighted by molar-refractivity contribution is 9.10. The maximum Gasteiger partial charge on any atom is 0.0713 e. The lowest BCUT2D eigenvalue weighted by molar-refractivity contribution is 0.185. The van der Waals surface area contributed by atoms with Gasteiger partial charge < -0.3 is 10.1 Å². The molecule has 20 heavy (non-hydrogen) atoms. The molecule has 2 rings (SSSR count). The fourth-order valence-corrected chi connectivity index (χ4v) is 2.83. The van der Waals surface area contributed by atoms with E-state index in [1.54, 1.807) is 7.11 Å². The van der Waals surface area contributed by atoms with Crippen LogP contribution in [-0.4, -0.2) is 7.11 Å². The standard InChI is InChI=1S/C16H17BrClNO/c1-20-11-13-4-2-3-12(7-13)9-19-10-14-5-6-15(18)8-16(14)17/h2-8,19H,9-11H2,1H3. The minimum absolute atomic E-state index is 0.649. The van der Waals surface area contributed by atoms with Crippen molar-refractivity contribution in [2.24, 2.45) is 0 Å². The van der Waals surface area contributed by atoms with Crippen LogP contribution in [0, 0.1) is 0 Å². The van der Waals surface area contributed by atoms with E-state index in [1.165, 1.54) is 16.7 Å². The quantitative estimate of drug-likeness (QED) is 0.822. The number of benzene rings is 2. The van der Waals surface area contributed by atoms with Crippen LogP contribution < -0.4 is 5.32 Å². The van der Waals surface area contributed by atoms with E-state index in [1.807, 2.05) is 18.2 Å². The third-order valence-electron chi connectivity index (χ3n) is 2.96. The topological polar surface area (TPSA) is 21.3 Å². The molecule has 0 amide bonds. The summed E-state index contributed by atoms with van der Waals surface area (Å²) in [6.07, 6.45) is 0. The van der Waals surface area contributed by atoms with Gasteiger partial charge in [-0.25, -0.2) is 0 Å². The lowest BCUT2D eigenvalue weighted by Gasteiger charge is -2.08. The van der Waals surface area contributed by atoms with Gasteiger partial charge in [-0.3, -0.25) is 0 Å². The summed E-state index contributed by atoms with van der Waals surface area (Å²) < 4.78 is 6.18. The Kier molecular flexibility index (Phi) is 6.05. The van der Waals surface area contributed by atoms with E-state index in [-0.39, 0.29) is 0 Å². The van der Waals surface area contributed by atoms with Crippen LogP contribution in [0.2, 0.25) is 5.02 Å². The Bertz CT molecular complexity index is 574. The fraction of sp³-hybridized carbons (Fsp3) is 0.250. The Morgan fingerprint density at radius 1 is 1.10 bits per heavy atom. The molecule has 0 aromatic heterocycles. The summed E-state index contributed by atoms with van der Waals surface area (Å²) in [6, 6.07) is 14.3. The zero-order chi connectivity index (χ0) is 14.4. The van der Waals surface area contributed by atoms with Crippen molar-refractivity contribution in [2.45, 2.75) is 19.7 Å². The molecule has 0 unspecified atom stereocenters. The minimum Gasteiger partial charge on any atom is -0.380 e. The van der Waals surface area contributed by atoms with E-state index in [0.29, 0.717) is 6.61 Å². The fourth-order valence-electron chi connectivity index (χ4n) is 2.00. The Balaban J connectivity index is 1.90.